The topological polar surface area (TPSA) is 21.3 Å². The average Bonchev–Trinajstić information content (AvgIpc) is 2.95. The smallest absolute Gasteiger partial charge is 0.159 e. The van der Waals surface area contributed by atoms with Crippen LogP contribution in [0.15, 0.2) is 0 Å². The Kier molecular flexibility index (Phi) is 6.40. The van der Waals surface area contributed by atoms with Gasteiger partial charge in [0.2, 0.25) is 0 Å². The second-order valence-corrected chi connectivity index (χ2v) is 6.57. The van der Waals surface area contributed by atoms with E-state index in [1.807, 2.05) is 0 Å². The van der Waals surface area contributed by atoms with Crippen molar-refractivity contribution in [2.24, 2.45) is 0 Å². The molecule has 2 rings (SSSR count). The van der Waals surface area contributed by atoms with Crippen molar-refractivity contribution >= 4 is 58.0 Å². The third-order valence-corrected chi connectivity index (χ3v) is 5.55. The lowest BCUT2D eigenvalue weighted by atomic mass is 10.2. The predicted molar refractivity (Wildman–Crippen MR) is 87.2 cm³/mol. The Morgan fingerprint density at radius 2 is 1.35 bits per heavy atom. The van der Waals surface area contributed by atoms with Crippen LogP contribution in [0.5, 0.6) is 5.75 Å². The van der Waals surface area contributed by atoms with Crippen LogP contribution in [0, 0.1) is 0 Å². The van der Waals surface area contributed by atoms with Crippen LogP contribution in [0.4, 0.5) is 0 Å². The molecule has 0 bridgehead atoms. The van der Waals surface area contributed by atoms with Gasteiger partial charge in [0.05, 0.1) is 15.1 Å². The maximum absolute atomic E-state index is 6.08. The van der Waals surface area contributed by atoms with Crippen molar-refractivity contribution in [3.05, 3.63) is 25.1 Å². The van der Waals surface area contributed by atoms with Crippen LogP contribution in [0.3, 0.4) is 0 Å². The van der Waals surface area contributed by atoms with E-state index < -0.39 is 0 Å². The van der Waals surface area contributed by atoms with E-state index in [1.54, 1.807) is 0 Å². The van der Waals surface area contributed by atoms with E-state index in [-0.39, 0.29) is 30.9 Å². The van der Waals surface area contributed by atoms with Gasteiger partial charge in [-0.25, -0.2) is 0 Å². The van der Waals surface area contributed by atoms with Gasteiger partial charge in [0.25, 0.3) is 0 Å². The lowest BCUT2D eigenvalue weighted by Gasteiger charge is -2.15. The number of halogens is 5. The van der Waals surface area contributed by atoms with Crippen molar-refractivity contribution in [3.63, 3.8) is 0 Å². The molecule has 20 heavy (non-hydrogen) atoms. The van der Waals surface area contributed by atoms with Gasteiger partial charge < -0.3 is 10.1 Å². The van der Waals surface area contributed by atoms with Crippen molar-refractivity contribution in [3.8, 4) is 5.75 Å². The number of ether oxygens (including phenoxy) is 1. The first-order valence-corrected chi connectivity index (χ1v) is 8.29. The van der Waals surface area contributed by atoms with Gasteiger partial charge in [-0.2, -0.15) is 0 Å². The standard InChI is InChI=1S/C13H14Cl5NO/c14-8-9(15)11(17)13(12(18)10(8)16)20-6-5-19-7-3-1-2-4-7/h7,19H,1-6H2. The van der Waals surface area contributed by atoms with E-state index in [0.717, 1.165) is 6.54 Å². The molecule has 0 spiro atoms. The van der Waals surface area contributed by atoms with Crippen LogP contribution >= 0.6 is 58.0 Å². The highest BCUT2D eigenvalue weighted by Crippen LogP contribution is 2.48. The van der Waals surface area contributed by atoms with E-state index in [0.29, 0.717) is 12.6 Å². The largest absolute Gasteiger partial charge is 0.489 e. The molecule has 7 heteroatoms. The predicted octanol–water partition coefficient (Wildman–Crippen LogP) is 5.86. The molecule has 1 N–H and O–H groups in total. The first-order chi connectivity index (χ1) is 9.52. The highest BCUT2D eigenvalue weighted by molar-refractivity contribution is 6.55. The molecule has 0 unspecified atom stereocenters. The summed E-state index contributed by atoms with van der Waals surface area (Å²) in [4.78, 5) is 0. The summed E-state index contributed by atoms with van der Waals surface area (Å²) in [6.45, 7) is 1.15. The van der Waals surface area contributed by atoms with Gasteiger partial charge in [0.15, 0.2) is 5.75 Å². The summed E-state index contributed by atoms with van der Waals surface area (Å²) < 4.78 is 5.59. The zero-order chi connectivity index (χ0) is 14.7. The number of hydrogen-bond donors (Lipinski definition) is 1. The minimum Gasteiger partial charge on any atom is -0.489 e. The lowest BCUT2D eigenvalue weighted by Crippen LogP contribution is -2.30. The summed E-state index contributed by atoms with van der Waals surface area (Å²) in [6, 6.07) is 0.585. The fraction of sp³-hybridized carbons (Fsp3) is 0.538. The van der Waals surface area contributed by atoms with Crippen molar-refractivity contribution in [1.29, 1.82) is 0 Å². The van der Waals surface area contributed by atoms with E-state index >= 15 is 0 Å². The minimum atomic E-state index is 0.139. The zero-order valence-corrected chi connectivity index (χ0v) is 14.4. The van der Waals surface area contributed by atoms with Crippen molar-refractivity contribution in [1.82, 2.24) is 5.32 Å². The minimum absolute atomic E-state index is 0.139. The molecule has 0 saturated heterocycles. The monoisotopic (exact) mass is 375 g/mol. The Labute approximate surface area is 143 Å². The quantitative estimate of drug-likeness (QED) is 0.394. The highest BCUT2D eigenvalue weighted by Gasteiger charge is 2.20. The van der Waals surface area contributed by atoms with Crippen LogP contribution < -0.4 is 10.1 Å². The molecular weight excluding hydrogens is 363 g/mol. The van der Waals surface area contributed by atoms with Crippen molar-refractivity contribution in [2.45, 2.75) is 31.7 Å². The molecule has 0 amide bonds. The van der Waals surface area contributed by atoms with Crippen LogP contribution in [0.1, 0.15) is 25.7 Å². The zero-order valence-electron chi connectivity index (χ0n) is 10.6. The van der Waals surface area contributed by atoms with Gasteiger partial charge in [0.1, 0.15) is 16.7 Å². The summed E-state index contributed by atoms with van der Waals surface area (Å²) in [6.07, 6.45) is 5.03. The fourth-order valence-corrected chi connectivity index (χ4v) is 3.49. The van der Waals surface area contributed by atoms with E-state index in [2.05, 4.69) is 5.32 Å². The van der Waals surface area contributed by atoms with E-state index in [9.17, 15) is 0 Å². The first-order valence-electron chi connectivity index (χ1n) is 6.40. The molecule has 2 nitrogen and oxygen atoms in total. The second-order valence-electron chi connectivity index (χ2n) is 4.68. The number of nitrogens with one attached hydrogen (secondary N) is 1. The highest BCUT2D eigenvalue weighted by atomic mass is 35.5. The maximum atomic E-state index is 6.08. The third kappa shape index (κ3) is 3.79. The number of benzene rings is 1. The van der Waals surface area contributed by atoms with Gasteiger partial charge >= 0.3 is 0 Å². The molecule has 0 aliphatic heterocycles. The average molecular weight is 378 g/mol. The molecule has 1 aliphatic carbocycles. The van der Waals surface area contributed by atoms with Gasteiger partial charge in [-0.15, -0.1) is 0 Å². The first kappa shape index (κ1) is 16.8. The summed E-state index contributed by atoms with van der Waals surface area (Å²) in [7, 11) is 0. The molecule has 1 saturated carbocycles. The Bertz CT molecular complexity index is 459. The normalized spacial score (nSPS) is 15.8. The molecule has 1 fully saturated rings. The van der Waals surface area contributed by atoms with Gasteiger partial charge in [-0.3, -0.25) is 0 Å². The molecule has 1 aromatic rings. The van der Waals surface area contributed by atoms with Crippen molar-refractivity contribution < 1.29 is 4.74 Å². The van der Waals surface area contributed by atoms with Gasteiger partial charge in [-0.1, -0.05) is 70.8 Å². The Morgan fingerprint density at radius 1 is 0.850 bits per heavy atom. The third-order valence-electron chi connectivity index (χ3n) is 3.31. The Morgan fingerprint density at radius 3 is 1.90 bits per heavy atom. The van der Waals surface area contributed by atoms with Crippen molar-refractivity contribution in [2.75, 3.05) is 13.2 Å². The molecule has 1 aromatic carbocycles. The maximum Gasteiger partial charge on any atom is 0.159 e. The summed E-state index contributed by atoms with van der Waals surface area (Å²) in [5.74, 6) is 0.279. The SMILES string of the molecule is Clc1c(Cl)c(Cl)c(OCCNC2CCCC2)c(Cl)c1Cl. The van der Waals surface area contributed by atoms with Crippen LogP contribution in [0.2, 0.25) is 25.1 Å². The molecule has 0 atom stereocenters. The fourth-order valence-electron chi connectivity index (χ4n) is 2.26. The summed E-state index contributed by atoms with van der Waals surface area (Å²) in [5, 5.41) is 4.25. The summed E-state index contributed by atoms with van der Waals surface area (Å²) >= 11 is 30.0. The molecule has 1 aliphatic rings. The van der Waals surface area contributed by atoms with Gasteiger partial charge in [0, 0.05) is 12.6 Å². The van der Waals surface area contributed by atoms with E-state index in [4.69, 9.17) is 62.7 Å². The molecule has 0 heterocycles. The van der Waals surface area contributed by atoms with Crippen LogP contribution in [0.25, 0.3) is 0 Å². The van der Waals surface area contributed by atoms with Crippen LogP contribution in [-0.2, 0) is 0 Å². The molecule has 0 radical (unpaired) electrons. The summed E-state index contributed by atoms with van der Waals surface area (Å²) in [5.41, 5.74) is 0. The molecule has 112 valence electrons. The molecular formula is C13H14Cl5NO. The number of hydrogen-bond acceptors (Lipinski definition) is 2. The Hall–Kier alpha value is 0.430. The second kappa shape index (κ2) is 7.62. The Balaban J connectivity index is 1.95. The lowest BCUT2D eigenvalue weighted by molar-refractivity contribution is 0.305. The molecule has 0 aromatic heterocycles. The number of rotatable bonds is 5. The van der Waals surface area contributed by atoms with Gasteiger partial charge in [-0.05, 0) is 12.8 Å². The van der Waals surface area contributed by atoms with E-state index in [1.165, 1.54) is 25.7 Å². The van der Waals surface area contributed by atoms with Crippen LogP contribution in [-0.4, -0.2) is 19.2 Å².